The van der Waals surface area contributed by atoms with Gasteiger partial charge in [0.25, 0.3) is 0 Å². The second-order valence-electron chi connectivity index (χ2n) is 6.24. The molecule has 0 saturated heterocycles. The first-order valence-electron chi connectivity index (χ1n) is 8.58. The highest BCUT2D eigenvalue weighted by atomic mass is 32.2. The molecule has 0 aliphatic heterocycles. The van der Waals surface area contributed by atoms with Gasteiger partial charge in [0.05, 0.1) is 25.1 Å². The maximum atomic E-state index is 11.7. The van der Waals surface area contributed by atoms with Gasteiger partial charge in [-0.15, -0.1) is 0 Å². The molecular weight excluding hydrogens is 398 g/mol. The average Bonchev–Trinajstić information content (AvgIpc) is 2.65. The SMILES string of the molecule is COc1ccccc1OC[C@@H](C)NC(=S)Nc1cccc(N(C)S(C)(=O)=O)c1. The van der Waals surface area contributed by atoms with Crippen LogP contribution in [0.3, 0.4) is 0 Å². The summed E-state index contributed by atoms with van der Waals surface area (Å²) in [6.07, 6.45) is 1.16. The fraction of sp³-hybridized carbons (Fsp3) is 0.316. The molecule has 0 spiro atoms. The van der Waals surface area contributed by atoms with Crippen LogP contribution in [0.15, 0.2) is 48.5 Å². The van der Waals surface area contributed by atoms with Crippen LogP contribution in [-0.4, -0.2) is 46.6 Å². The Kier molecular flexibility index (Phi) is 7.47. The zero-order valence-corrected chi connectivity index (χ0v) is 17.9. The molecule has 2 aromatic rings. The standard InChI is InChI=1S/C19H25N3O4S2/c1-14(13-26-18-11-6-5-10-17(18)25-3)20-19(27)21-15-8-7-9-16(12-15)22(2)28(4,23)24/h5-12,14H,13H2,1-4H3,(H2,20,21,27)/t14-/m1/s1. The highest BCUT2D eigenvalue weighted by Gasteiger charge is 2.13. The van der Waals surface area contributed by atoms with Gasteiger partial charge in [-0.1, -0.05) is 18.2 Å². The Labute approximate surface area is 171 Å². The Bertz CT molecular complexity index is 919. The summed E-state index contributed by atoms with van der Waals surface area (Å²) in [5, 5.41) is 6.61. The number of thiocarbonyl (C=S) groups is 1. The van der Waals surface area contributed by atoms with Crippen LogP contribution in [0.25, 0.3) is 0 Å². The van der Waals surface area contributed by atoms with E-state index in [0.717, 1.165) is 6.26 Å². The van der Waals surface area contributed by atoms with Crippen molar-refractivity contribution in [3.8, 4) is 11.5 Å². The second-order valence-corrected chi connectivity index (χ2v) is 8.66. The van der Waals surface area contributed by atoms with Gasteiger partial charge in [0.1, 0.15) is 6.61 Å². The number of nitrogens with zero attached hydrogens (tertiary/aromatic N) is 1. The van der Waals surface area contributed by atoms with Crippen molar-refractivity contribution in [1.82, 2.24) is 5.32 Å². The summed E-state index contributed by atoms with van der Waals surface area (Å²) in [5.74, 6) is 1.33. The lowest BCUT2D eigenvalue weighted by Crippen LogP contribution is -2.39. The molecule has 0 aliphatic carbocycles. The summed E-state index contributed by atoms with van der Waals surface area (Å²) in [4.78, 5) is 0. The lowest BCUT2D eigenvalue weighted by molar-refractivity contribution is 0.270. The van der Waals surface area contributed by atoms with Crippen molar-refractivity contribution >= 4 is 38.7 Å². The Morgan fingerprint density at radius 1 is 1.18 bits per heavy atom. The van der Waals surface area contributed by atoms with Crippen molar-refractivity contribution in [2.24, 2.45) is 0 Å². The van der Waals surface area contributed by atoms with Crippen molar-refractivity contribution < 1.29 is 17.9 Å². The molecular formula is C19H25N3O4S2. The molecule has 9 heteroatoms. The van der Waals surface area contributed by atoms with E-state index in [1.807, 2.05) is 37.3 Å². The number of methoxy groups -OCH3 is 1. The van der Waals surface area contributed by atoms with Gasteiger partial charge < -0.3 is 20.1 Å². The molecule has 2 N–H and O–H groups in total. The largest absolute Gasteiger partial charge is 0.493 e. The number of hydrogen-bond donors (Lipinski definition) is 2. The van der Waals surface area contributed by atoms with Gasteiger partial charge in [-0.05, 0) is 49.5 Å². The predicted molar refractivity (Wildman–Crippen MR) is 117 cm³/mol. The Hall–Kier alpha value is -2.52. The lowest BCUT2D eigenvalue weighted by atomic mass is 10.3. The van der Waals surface area contributed by atoms with Crippen molar-refractivity contribution in [2.75, 3.05) is 36.6 Å². The fourth-order valence-electron chi connectivity index (χ4n) is 2.36. The van der Waals surface area contributed by atoms with Crippen molar-refractivity contribution in [2.45, 2.75) is 13.0 Å². The van der Waals surface area contributed by atoms with E-state index in [1.165, 1.54) is 11.4 Å². The van der Waals surface area contributed by atoms with Crippen molar-refractivity contribution in [3.05, 3.63) is 48.5 Å². The molecule has 0 radical (unpaired) electrons. The summed E-state index contributed by atoms with van der Waals surface area (Å²) in [6, 6.07) is 14.4. The summed E-state index contributed by atoms with van der Waals surface area (Å²) in [5.41, 5.74) is 1.23. The van der Waals surface area contributed by atoms with E-state index in [2.05, 4.69) is 10.6 Å². The quantitative estimate of drug-likeness (QED) is 0.632. The van der Waals surface area contributed by atoms with Crippen LogP contribution >= 0.6 is 12.2 Å². The van der Waals surface area contributed by atoms with Gasteiger partial charge in [0.15, 0.2) is 16.6 Å². The number of hydrogen-bond acceptors (Lipinski definition) is 5. The lowest BCUT2D eigenvalue weighted by Gasteiger charge is -2.20. The number of ether oxygens (including phenoxy) is 2. The van der Waals surface area contributed by atoms with Gasteiger partial charge in [-0.2, -0.15) is 0 Å². The highest BCUT2D eigenvalue weighted by Crippen LogP contribution is 2.25. The zero-order valence-electron chi connectivity index (χ0n) is 16.3. The van der Waals surface area contributed by atoms with E-state index in [4.69, 9.17) is 21.7 Å². The Morgan fingerprint density at radius 3 is 2.50 bits per heavy atom. The average molecular weight is 424 g/mol. The predicted octanol–water partition coefficient (Wildman–Crippen LogP) is 2.84. The normalized spacial score (nSPS) is 12.0. The van der Waals surface area contributed by atoms with Gasteiger partial charge in [0, 0.05) is 12.7 Å². The molecule has 0 bridgehead atoms. The van der Waals surface area contributed by atoms with Crippen LogP contribution in [0.5, 0.6) is 11.5 Å². The minimum Gasteiger partial charge on any atom is -0.493 e. The molecule has 0 fully saturated rings. The zero-order chi connectivity index (χ0) is 20.7. The van der Waals surface area contributed by atoms with E-state index in [9.17, 15) is 8.42 Å². The van der Waals surface area contributed by atoms with E-state index >= 15 is 0 Å². The fourth-order valence-corrected chi connectivity index (χ4v) is 3.17. The highest BCUT2D eigenvalue weighted by molar-refractivity contribution is 7.92. The van der Waals surface area contributed by atoms with E-state index < -0.39 is 10.0 Å². The minimum absolute atomic E-state index is 0.0632. The number of benzene rings is 2. The van der Waals surface area contributed by atoms with E-state index in [0.29, 0.717) is 34.6 Å². The summed E-state index contributed by atoms with van der Waals surface area (Å²) in [6.45, 7) is 2.33. The molecule has 2 rings (SSSR count). The number of rotatable bonds is 8. The third kappa shape index (κ3) is 6.28. The Morgan fingerprint density at radius 2 is 1.86 bits per heavy atom. The van der Waals surface area contributed by atoms with Crippen LogP contribution < -0.4 is 24.4 Å². The summed E-state index contributed by atoms with van der Waals surface area (Å²) in [7, 11) is -0.232. The molecule has 0 aromatic heterocycles. The molecule has 0 saturated carbocycles. The van der Waals surface area contributed by atoms with Crippen LogP contribution in [-0.2, 0) is 10.0 Å². The maximum Gasteiger partial charge on any atom is 0.231 e. The van der Waals surface area contributed by atoms with Crippen molar-refractivity contribution in [3.63, 3.8) is 0 Å². The number of anilines is 2. The first-order chi connectivity index (χ1) is 13.2. The minimum atomic E-state index is -3.33. The summed E-state index contributed by atoms with van der Waals surface area (Å²) < 4.78 is 35.6. The van der Waals surface area contributed by atoms with Crippen LogP contribution in [0, 0.1) is 0 Å². The van der Waals surface area contributed by atoms with Crippen LogP contribution in [0.1, 0.15) is 6.92 Å². The molecule has 0 aliphatic rings. The molecule has 2 aromatic carbocycles. The monoisotopic (exact) mass is 423 g/mol. The van der Waals surface area contributed by atoms with Crippen molar-refractivity contribution in [1.29, 1.82) is 0 Å². The third-order valence-corrected chi connectivity index (χ3v) is 5.33. The molecule has 7 nitrogen and oxygen atoms in total. The first-order valence-corrected chi connectivity index (χ1v) is 10.8. The first kappa shape index (κ1) is 21.8. The van der Waals surface area contributed by atoms with Crippen LogP contribution in [0.4, 0.5) is 11.4 Å². The molecule has 0 heterocycles. The van der Waals surface area contributed by atoms with E-state index in [-0.39, 0.29) is 6.04 Å². The summed E-state index contributed by atoms with van der Waals surface area (Å²) >= 11 is 5.34. The number of nitrogens with one attached hydrogen (secondary N) is 2. The Balaban J connectivity index is 1.91. The van der Waals surface area contributed by atoms with Crippen LogP contribution in [0.2, 0.25) is 0 Å². The third-order valence-electron chi connectivity index (χ3n) is 3.90. The molecule has 1 atom stereocenters. The molecule has 0 amide bonds. The maximum absolute atomic E-state index is 11.7. The molecule has 28 heavy (non-hydrogen) atoms. The van der Waals surface area contributed by atoms with Gasteiger partial charge in [-0.3, -0.25) is 4.31 Å². The van der Waals surface area contributed by atoms with Gasteiger partial charge >= 0.3 is 0 Å². The number of para-hydroxylation sites is 2. The topological polar surface area (TPSA) is 79.9 Å². The molecule has 152 valence electrons. The van der Waals surface area contributed by atoms with Gasteiger partial charge in [-0.25, -0.2) is 8.42 Å². The number of sulfonamides is 1. The second kappa shape index (κ2) is 9.61. The smallest absolute Gasteiger partial charge is 0.231 e. The van der Waals surface area contributed by atoms with E-state index in [1.54, 1.807) is 25.3 Å². The molecule has 0 unspecified atom stereocenters. The van der Waals surface area contributed by atoms with Gasteiger partial charge in [0.2, 0.25) is 10.0 Å².